The van der Waals surface area contributed by atoms with Crippen LogP contribution in [0.25, 0.3) is 0 Å². The van der Waals surface area contributed by atoms with Gasteiger partial charge in [0.15, 0.2) is 0 Å². The standard InChI is InChI=1S/C18H26N2O/c1-14-4-2-5-15(8-7-14)19-16-9-11-17(12-10-16)20-13-3-6-18(20)21/h9-12,14-15,19H,2-8,13H2,1H3. The van der Waals surface area contributed by atoms with Gasteiger partial charge >= 0.3 is 0 Å². The first-order valence-electron chi connectivity index (χ1n) is 8.39. The average molecular weight is 286 g/mol. The second-order valence-electron chi connectivity index (χ2n) is 6.65. The lowest BCUT2D eigenvalue weighted by atomic mass is 10.0. The third kappa shape index (κ3) is 3.58. The van der Waals surface area contributed by atoms with Gasteiger partial charge in [0.25, 0.3) is 0 Å². The van der Waals surface area contributed by atoms with Crippen LogP contribution in [0.1, 0.15) is 51.9 Å². The quantitative estimate of drug-likeness (QED) is 0.845. The summed E-state index contributed by atoms with van der Waals surface area (Å²) in [5.41, 5.74) is 2.22. The average Bonchev–Trinajstić information content (AvgIpc) is 2.81. The van der Waals surface area contributed by atoms with Crippen LogP contribution in [-0.4, -0.2) is 18.5 Å². The lowest BCUT2D eigenvalue weighted by Crippen LogP contribution is -2.23. The molecule has 114 valence electrons. The molecular weight excluding hydrogens is 260 g/mol. The van der Waals surface area contributed by atoms with Gasteiger partial charge in [0.05, 0.1) is 0 Å². The number of carbonyl (C=O) groups is 1. The first kappa shape index (κ1) is 14.4. The summed E-state index contributed by atoms with van der Waals surface area (Å²) in [6.45, 7) is 3.23. The lowest BCUT2D eigenvalue weighted by molar-refractivity contribution is -0.117. The number of anilines is 2. The monoisotopic (exact) mass is 286 g/mol. The van der Waals surface area contributed by atoms with Crippen LogP contribution in [0.5, 0.6) is 0 Å². The Balaban J connectivity index is 1.60. The fourth-order valence-electron chi connectivity index (χ4n) is 3.53. The molecule has 1 aliphatic heterocycles. The minimum absolute atomic E-state index is 0.258. The van der Waals surface area contributed by atoms with Gasteiger partial charge in [-0.15, -0.1) is 0 Å². The summed E-state index contributed by atoms with van der Waals surface area (Å²) in [5.74, 6) is 1.13. The topological polar surface area (TPSA) is 32.3 Å². The third-order valence-corrected chi connectivity index (χ3v) is 4.88. The molecule has 1 amide bonds. The van der Waals surface area contributed by atoms with Crippen molar-refractivity contribution in [2.24, 2.45) is 5.92 Å². The van der Waals surface area contributed by atoms with E-state index in [2.05, 4.69) is 36.5 Å². The van der Waals surface area contributed by atoms with Crippen molar-refractivity contribution in [1.82, 2.24) is 0 Å². The Hall–Kier alpha value is -1.51. The highest BCUT2D eigenvalue weighted by Crippen LogP contribution is 2.27. The Morgan fingerprint density at radius 1 is 1.05 bits per heavy atom. The Morgan fingerprint density at radius 3 is 2.57 bits per heavy atom. The molecule has 2 fully saturated rings. The summed E-state index contributed by atoms with van der Waals surface area (Å²) < 4.78 is 0. The van der Waals surface area contributed by atoms with E-state index < -0.39 is 0 Å². The van der Waals surface area contributed by atoms with E-state index in [-0.39, 0.29) is 5.91 Å². The van der Waals surface area contributed by atoms with E-state index in [0.29, 0.717) is 12.5 Å². The van der Waals surface area contributed by atoms with Crippen molar-refractivity contribution in [3.63, 3.8) is 0 Å². The van der Waals surface area contributed by atoms with Gasteiger partial charge in [-0.3, -0.25) is 4.79 Å². The van der Waals surface area contributed by atoms with Crippen molar-refractivity contribution in [1.29, 1.82) is 0 Å². The SMILES string of the molecule is CC1CCCC(Nc2ccc(N3CCCC3=O)cc2)CC1. The summed E-state index contributed by atoms with van der Waals surface area (Å²) in [4.78, 5) is 13.7. The number of amides is 1. The fourth-order valence-corrected chi connectivity index (χ4v) is 3.53. The zero-order valence-corrected chi connectivity index (χ0v) is 13.0. The summed E-state index contributed by atoms with van der Waals surface area (Å²) in [6.07, 6.45) is 8.26. The molecule has 1 heterocycles. The van der Waals surface area contributed by atoms with Crippen LogP contribution in [0.2, 0.25) is 0 Å². The molecule has 3 heteroatoms. The van der Waals surface area contributed by atoms with Crippen LogP contribution in [-0.2, 0) is 4.79 Å². The van der Waals surface area contributed by atoms with Gasteiger partial charge in [-0.05, 0) is 55.9 Å². The molecule has 1 N–H and O–H groups in total. The molecule has 0 radical (unpaired) electrons. The Kier molecular flexibility index (Phi) is 4.47. The van der Waals surface area contributed by atoms with Gasteiger partial charge < -0.3 is 10.2 Å². The van der Waals surface area contributed by atoms with E-state index in [1.54, 1.807) is 0 Å². The first-order valence-corrected chi connectivity index (χ1v) is 8.39. The summed E-state index contributed by atoms with van der Waals surface area (Å²) >= 11 is 0. The maximum atomic E-state index is 11.8. The van der Waals surface area contributed by atoms with E-state index in [1.807, 2.05) is 4.90 Å². The molecule has 1 aromatic rings. The molecule has 2 aliphatic rings. The van der Waals surface area contributed by atoms with Gasteiger partial charge in [-0.2, -0.15) is 0 Å². The number of hydrogen-bond acceptors (Lipinski definition) is 2. The van der Waals surface area contributed by atoms with E-state index in [1.165, 1.54) is 37.8 Å². The van der Waals surface area contributed by atoms with Crippen LogP contribution in [0.3, 0.4) is 0 Å². The maximum absolute atomic E-state index is 11.8. The van der Waals surface area contributed by atoms with E-state index in [0.717, 1.165) is 24.6 Å². The minimum atomic E-state index is 0.258. The highest BCUT2D eigenvalue weighted by Gasteiger charge is 2.21. The molecule has 3 nitrogen and oxygen atoms in total. The lowest BCUT2D eigenvalue weighted by Gasteiger charge is -2.20. The number of rotatable bonds is 3. The van der Waals surface area contributed by atoms with Crippen LogP contribution in [0, 0.1) is 5.92 Å². The Bertz CT molecular complexity index is 482. The van der Waals surface area contributed by atoms with Crippen LogP contribution >= 0.6 is 0 Å². The summed E-state index contributed by atoms with van der Waals surface area (Å²) in [6, 6.07) is 8.99. The van der Waals surface area contributed by atoms with Crippen LogP contribution in [0.15, 0.2) is 24.3 Å². The Labute approximate surface area is 127 Å². The molecule has 0 bridgehead atoms. The number of nitrogens with zero attached hydrogens (tertiary/aromatic N) is 1. The molecule has 1 saturated heterocycles. The molecule has 1 aliphatic carbocycles. The summed E-state index contributed by atoms with van der Waals surface area (Å²) in [7, 11) is 0. The smallest absolute Gasteiger partial charge is 0.227 e. The highest BCUT2D eigenvalue weighted by molar-refractivity contribution is 5.95. The molecule has 3 rings (SSSR count). The number of benzene rings is 1. The highest BCUT2D eigenvalue weighted by atomic mass is 16.2. The van der Waals surface area contributed by atoms with Crippen molar-refractivity contribution in [2.75, 3.05) is 16.8 Å². The van der Waals surface area contributed by atoms with Crippen LogP contribution in [0.4, 0.5) is 11.4 Å². The van der Waals surface area contributed by atoms with Crippen molar-refractivity contribution in [2.45, 2.75) is 57.9 Å². The van der Waals surface area contributed by atoms with Gasteiger partial charge in [0, 0.05) is 30.4 Å². The number of nitrogens with one attached hydrogen (secondary N) is 1. The van der Waals surface area contributed by atoms with Crippen LogP contribution < -0.4 is 10.2 Å². The van der Waals surface area contributed by atoms with E-state index in [9.17, 15) is 4.79 Å². The van der Waals surface area contributed by atoms with Crippen molar-refractivity contribution in [3.05, 3.63) is 24.3 Å². The fraction of sp³-hybridized carbons (Fsp3) is 0.611. The number of hydrogen-bond donors (Lipinski definition) is 1. The van der Waals surface area contributed by atoms with Crippen molar-refractivity contribution < 1.29 is 4.79 Å². The maximum Gasteiger partial charge on any atom is 0.227 e. The molecule has 0 aromatic heterocycles. The van der Waals surface area contributed by atoms with Gasteiger partial charge in [-0.1, -0.05) is 19.8 Å². The second kappa shape index (κ2) is 6.50. The third-order valence-electron chi connectivity index (χ3n) is 4.88. The Morgan fingerprint density at radius 2 is 1.86 bits per heavy atom. The van der Waals surface area contributed by atoms with E-state index >= 15 is 0 Å². The predicted octanol–water partition coefficient (Wildman–Crippen LogP) is 4.19. The zero-order chi connectivity index (χ0) is 14.7. The first-order chi connectivity index (χ1) is 10.2. The molecule has 0 spiro atoms. The largest absolute Gasteiger partial charge is 0.382 e. The normalized spacial score (nSPS) is 26.7. The summed E-state index contributed by atoms with van der Waals surface area (Å²) in [5, 5.41) is 3.67. The molecule has 1 aromatic carbocycles. The molecule has 1 saturated carbocycles. The molecule has 21 heavy (non-hydrogen) atoms. The van der Waals surface area contributed by atoms with Gasteiger partial charge in [0.2, 0.25) is 5.91 Å². The molecule has 2 unspecified atom stereocenters. The van der Waals surface area contributed by atoms with Gasteiger partial charge in [0.1, 0.15) is 0 Å². The van der Waals surface area contributed by atoms with Crippen molar-refractivity contribution in [3.8, 4) is 0 Å². The predicted molar refractivity (Wildman–Crippen MR) is 87.7 cm³/mol. The molecule has 2 atom stereocenters. The number of carbonyl (C=O) groups excluding carboxylic acids is 1. The van der Waals surface area contributed by atoms with Crippen molar-refractivity contribution >= 4 is 17.3 Å². The zero-order valence-electron chi connectivity index (χ0n) is 13.0. The molecular formula is C18H26N2O. The minimum Gasteiger partial charge on any atom is -0.382 e. The second-order valence-corrected chi connectivity index (χ2v) is 6.65. The van der Waals surface area contributed by atoms with Gasteiger partial charge in [-0.25, -0.2) is 0 Å². The van der Waals surface area contributed by atoms with E-state index in [4.69, 9.17) is 0 Å².